The summed E-state index contributed by atoms with van der Waals surface area (Å²) in [5.74, 6) is 0.145. The summed E-state index contributed by atoms with van der Waals surface area (Å²) in [6.07, 6.45) is 5.46. The summed E-state index contributed by atoms with van der Waals surface area (Å²) in [5.41, 5.74) is -0.663. The van der Waals surface area contributed by atoms with Gasteiger partial charge in [-0.2, -0.15) is 0 Å². The maximum Gasteiger partial charge on any atom is 0.328 e. The smallest absolute Gasteiger partial charge is 0.328 e. The molecule has 2 rings (SSSR count). The highest BCUT2D eigenvalue weighted by Crippen LogP contribution is 2.40. The lowest BCUT2D eigenvalue weighted by atomic mass is 9.94. The molecule has 5 nitrogen and oxygen atoms in total. The minimum absolute atomic E-state index is 0.190. The SMILES string of the molecule is CCCNC(COCC1CCCO1)(C(=O)OC)C1CC1. The van der Waals surface area contributed by atoms with Crippen LogP contribution in [0.2, 0.25) is 0 Å². The molecule has 116 valence electrons. The number of ether oxygens (including phenoxy) is 3. The Morgan fingerprint density at radius 1 is 1.40 bits per heavy atom. The van der Waals surface area contributed by atoms with Gasteiger partial charge in [-0.05, 0) is 44.6 Å². The zero-order valence-electron chi connectivity index (χ0n) is 12.7. The van der Waals surface area contributed by atoms with Crippen LogP contribution in [0.25, 0.3) is 0 Å². The minimum atomic E-state index is -0.663. The summed E-state index contributed by atoms with van der Waals surface area (Å²) in [5, 5.41) is 3.38. The van der Waals surface area contributed by atoms with Gasteiger partial charge in [0, 0.05) is 6.61 Å². The normalized spacial score (nSPS) is 25.4. The first-order valence-electron chi connectivity index (χ1n) is 7.75. The Balaban J connectivity index is 1.91. The lowest BCUT2D eigenvalue weighted by molar-refractivity contribution is -0.153. The van der Waals surface area contributed by atoms with E-state index in [0.717, 1.165) is 45.3 Å². The largest absolute Gasteiger partial charge is 0.468 e. The third-order valence-corrected chi connectivity index (χ3v) is 4.17. The molecule has 20 heavy (non-hydrogen) atoms. The second-order valence-electron chi connectivity index (χ2n) is 5.81. The molecule has 5 heteroatoms. The van der Waals surface area contributed by atoms with Gasteiger partial charge in [-0.3, -0.25) is 5.32 Å². The van der Waals surface area contributed by atoms with Gasteiger partial charge in [0.15, 0.2) is 0 Å². The number of esters is 1. The van der Waals surface area contributed by atoms with Crippen molar-refractivity contribution >= 4 is 5.97 Å². The zero-order valence-corrected chi connectivity index (χ0v) is 12.7. The van der Waals surface area contributed by atoms with Gasteiger partial charge in [0.05, 0.1) is 26.4 Å². The first-order valence-corrected chi connectivity index (χ1v) is 7.75. The number of hydrogen-bond donors (Lipinski definition) is 1. The topological polar surface area (TPSA) is 56.8 Å². The maximum absolute atomic E-state index is 12.3. The third kappa shape index (κ3) is 3.71. The minimum Gasteiger partial charge on any atom is -0.468 e. The van der Waals surface area contributed by atoms with Gasteiger partial charge in [-0.25, -0.2) is 4.79 Å². The molecule has 1 aliphatic carbocycles. The van der Waals surface area contributed by atoms with Crippen LogP contribution in [0.3, 0.4) is 0 Å². The van der Waals surface area contributed by atoms with Crippen molar-refractivity contribution in [3.63, 3.8) is 0 Å². The van der Waals surface area contributed by atoms with Crippen molar-refractivity contribution in [1.29, 1.82) is 0 Å². The molecule has 0 amide bonds. The van der Waals surface area contributed by atoms with E-state index in [0.29, 0.717) is 19.1 Å². The van der Waals surface area contributed by atoms with Gasteiger partial charge >= 0.3 is 5.97 Å². The van der Waals surface area contributed by atoms with Crippen LogP contribution in [-0.4, -0.2) is 51.1 Å². The molecular weight excluding hydrogens is 258 g/mol. The molecule has 0 spiro atoms. The molecule has 0 bridgehead atoms. The average molecular weight is 285 g/mol. The molecule has 0 aromatic rings. The fourth-order valence-electron chi connectivity index (χ4n) is 2.84. The second-order valence-corrected chi connectivity index (χ2v) is 5.81. The van der Waals surface area contributed by atoms with Gasteiger partial charge in [-0.1, -0.05) is 6.92 Å². The van der Waals surface area contributed by atoms with Crippen LogP contribution in [0.15, 0.2) is 0 Å². The number of rotatable bonds is 9. The number of carbonyl (C=O) groups excluding carboxylic acids is 1. The molecule has 1 aliphatic heterocycles. The van der Waals surface area contributed by atoms with E-state index in [2.05, 4.69) is 12.2 Å². The van der Waals surface area contributed by atoms with E-state index >= 15 is 0 Å². The summed E-state index contributed by atoms with van der Waals surface area (Å²) in [6.45, 7) is 4.67. The van der Waals surface area contributed by atoms with E-state index in [4.69, 9.17) is 14.2 Å². The highest BCUT2D eigenvalue weighted by Gasteiger charge is 2.52. The van der Waals surface area contributed by atoms with Crippen molar-refractivity contribution in [2.75, 3.05) is 33.5 Å². The Morgan fingerprint density at radius 2 is 2.20 bits per heavy atom. The van der Waals surface area contributed by atoms with E-state index in [1.54, 1.807) is 0 Å². The molecule has 1 saturated heterocycles. The standard InChI is InChI=1S/C15H27NO4/c1-3-8-16-15(12-6-7-12,14(17)18-2)11-19-10-13-5-4-9-20-13/h12-13,16H,3-11H2,1-2H3. The summed E-state index contributed by atoms with van der Waals surface area (Å²) in [6, 6.07) is 0. The summed E-state index contributed by atoms with van der Waals surface area (Å²) in [4.78, 5) is 12.3. The highest BCUT2D eigenvalue weighted by molar-refractivity contribution is 5.82. The van der Waals surface area contributed by atoms with Crippen molar-refractivity contribution in [1.82, 2.24) is 5.32 Å². The van der Waals surface area contributed by atoms with Gasteiger partial charge in [0.2, 0.25) is 0 Å². The van der Waals surface area contributed by atoms with E-state index in [9.17, 15) is 4.79 Å². The van der Waals surface area contributed by atoms with E-state index in [-0.39, 0.29) is 12.1 Å². The summed E-state index contributed by atoms with van der Waals surface area (Å²) < 4.78 is 16.4. The lowest BCUT2D eigenvalue weighted by Crippen LogP contribution is -2.58. The molecule has 2 atom stereocenters. The van der Waals surface area contributed by atoms with Crippen LogP contribution in [0.5, 0.6) is 0 Å². The third-order valence-electron chi connectivity index (χ3n) is 4.17. The molecule has 0 aromatic carbocycles. The summed E-state index contributed by atoms with van der Waals surface area (Å²) in [7, 11) is 1.45. The van der Waals surface area contributed by atoms with Crippen LogP contribution in [0, 0.1) is 5.92 Å². The van der Waals surface area contributed by atoms with Crippen LogP contribution in [0.4, 0.5) is 0 Å². The van der Waals surface area contributed by atoms with Crippen molar-refractivity contribution < 1.29 is 19.0 Å². The van der Waals surface area contributed by atoms with Crippen molar-refractivity contribution in [2.45, 2.75) is 50.7 Å². The summed E-state index contributed by atoms with van der Waals surface area (Å²) >= 11 is 0. The van der Waals surface area contributed by atoms with E-state index < -0.39 is 5.54 Å². The van der Waals surface area contributed by atoms with E-state index in [1.807, 2.05) is 0 Å². The molecule has 1 heterocycles. The van der Waals surface area contributed by atoms with Crippen LogP contribution >= 0.6 is 0 Å². The quantitative estimate of drug-likeness (QED) is 0.651. The zero-order chi connectivity index (χ0) is 14.4. The first kappa shape index (κ1) is 15.7. The predicted molar refractivity (Wildman–Crippen MR) is 75.6 cm³/mol. The molecule has 2 fully saturated rings. The van der Waals surface area contributed by atoms with Gasteiger partial charge in [0.25, 0.3) is 0 Å². The molecule has 2 unspecified atom stereocenters. The Kier molecular flexibility index (Phi) is 5.81. The lowest BCUT2D eigenvalue weighted by Gasteiger charge is -2.32. The fraction of sp³-hybridized carbons (Fsp3) is 0.933. The van der Waals surface area contributed by atoms with Crippen LogP contribution < -0.4 is 5.32 Å². The molecule has 1 N–H and O–H groups in total. The molecule has 1 saturated carbocycles. The second kappa shape index (κ2) is 7.38. The highest BCUT2D eigenvalue weighted by atomic mass is 16.5. The van der Waals surface area contributed by atoms with Gasteiger partial charge in [0.1, 0.15) is 5.54 Å². The number of hydrogen-bond acceptors (Lipinski definition) is 5. The van der Waals surface area contributed by atoms with Crippen molar-refractivity contribution in [2.24, 2.45) is 5.92 Å². The maximum atomic E-state index is 12.3. The Hall–Kier alpha value is -0.650. The predicted octanol–water partition coefficient (Wildman–Crippen LogP) is 1.50. The molecular formula is C15H27NO4. The number of carbonyl (C=O) groups is 1. The number of nitrogens with one attached hydrogen (secondary N) is 1. The van der Waals surface area contributed by atoms with Crippen molar-refractivity contribution in [3.05, 3.63) is 0 Å². The molecule has 0 aromatic heterocycles. The van der Waals surface area contributed by atoms with Gasteiger partial charge < -0.3 is 14.2 Å². The van der Waals surface area contributed by atoms with E-state index in [1.165, 1.54) is 7.11 Å². The molecule has 2 aliphatic rings. The van der Waals surface area contributed by atoms with Crippen LogP contribution in [-0.2, 0) is 19.0 Å². The fourth-order valence-corrected chi connectivity index (χ4v) is 2.84. The average Bonchev–Trinajstić information content (AvgIpc) is 3.20. The number of methoxy groups -OCH3 is 1. The monoisotopic (exact) mass is 285 g/mol. The molecule has 0 radical (unpaired) electrons. The van der Waals surface area contributed by atoms with Crippen LogP contribution in [0.1, 0.15) is 39.0 Å². The Labute approximate surface area is 121 Å². The Bertz CT molecular complexity index is 313. The van der Waals surface area contributed by atoms with Gasteiger partial charge in [-0.15, -0.1) is 0 Å². The Morgan fingerprint density at radius 3 is 2.75 bits per heavy atom. The first-order chi connectivity index (χ1) is 9.73. The van der Waals surface area contributed by atoms with Crippen molar-refractivity contribution in [3.8, 4) is 0 Å².